The number of nitrogens with one attached hydrogen (secondary N) is 1. The van der Waals surface area contributed by atoms with E-state index in [9.17, 15) is 24.6 Å². The van der Waals surface area contributed by atoms with Gasteiger partial charge in [-0.05, 0) is 19.3 Å². The van der Waals surface area contributed by atoms with Gasteiger partial charge in [-0.2, -0.15) is 0 Å². The van der Waals surface area contributed by atoms with E-state index in [1.54, 1.807) is 13.8 Å². The van der Waals surface area contributed by atoms with Gasteiger partial charge in [0.25, 0.3) is 0 Å². The molecule has 0 radical (unpaired) electrons. The first-order valence-corrected chi connectivity index (χ1v) is 9.25. The van der Waals surface area contributed by atoms with Crippen LogP contribution >= 0.6 is 0 Å². The maximum Gasteiger partial charge on any atom is 0.306 e. The van der Waals surface area contributed by atoms with E-state index < -0.39 is 54.9 Å². The lowest BCUT2D eigenvalue weighted by Crippen LogP contribution is -2.65. The second-order valence-electron chi connectivity index (χ2n) is 6.22. The van der Waals surface area contributed by atoms with Crippen LogP contribution in [0.15, 0.2) is 0 Å². The average molecular weight is 391 g/mol. The molecule has 1 amide bonds. The highest BCUT2D eigenvalue weighted by molar-refractivity contribution is 5.76. The molecule has 156 valence electrons. The van der Waals surface area contributed by atoms with Crippen LogP contribution in [0.5, 0.6) is 0 Å². The van der Waals surface area contributed by atoms with Crippen LogP contribution in [0.2, 0.25) is 0 Å². The molecule has 0 aromatic carbocycles. The molecule has 9 nitrogen and oxygen atoms in total. The molecule has 0 aromatic heterocycles. The summed E-state index contributed by atoms with van der Waals surface area (Å²) >= 11 is 0. The average Bonchev–Trinajstić information content (AvgIpc) is 2.66. The molecule has 1 aliphatic rings. The minimum atomic E-state index is -2.22. The third-order valence-electron chi connectivity index (χ3n) is 3.91. The van der Waals surface area contributed by atoms with Gasteiger partial charge in [0.05, 0.1) is 0 Å². The number of ether oxygens (including phenoxy) is 3. The third-order valence-corrected chi connectivity index (χ3v) is 3.91. The van der Waals surface area contributed by atoms with Crippen LogP contribution in [0.1, 0.15) is 62.0 Å². The van der Waals surface area contributed by atoms with Crippen LogP contribution in [0.25, 0.3) is 0 Å². The minimum absolute atomic E-state index is 0.0729. The highest BCUT2D eigenvalue weighted by atomic mass is 16.7. The molecule has 9 heteroatoms. The second-order valence-corrected chi connectivity index (χ2v) is 6.22. The number of aliphatic hydroxyl groups excluding tert-OH is 2. The van der Waals surface area contributed by atoms with Crippen molar-refractivity contribution >= 4 is 17.8 Å². The molecule has 1 aliphatic heterocycles. The lowest BCUT2D eigenvalue weighted by atomic mass is 9.96. The summed E-state index contributed by atoms with van der Waals surface area (Å²) in [6.07, 6.45) is -6.85. The SMILES string of the molecule is [2H]C([2H])(CC)C(=O)N[C@H]1C(O)O[C@H](COC(=O)CCC)[C@@H](OC(=O)CCC)[C@@H]1O. The molecule has 0 bridgehead atoms. The number of aliphatic hydroxyl groups is 2. The van der Waals surface area contributed by atoms with E-state index in [0.717, 1.165) is 0 Å². The van der Waals surface area contributed by atoms with Crippen molar-refractivity contribution in [2.24, 2.45) is 0 Å². The van der Waals surface area contributed by atoms with Crippen LogP contribution in [0.3, 0.4) is 0 Å². The molecule has 0 aliphatic carbocycles. The summed E-state index contributed by atoms with van der Waals surface area (Å²) in [6.45, 7) is 4.66. The molecule has 1 unspecified atom stereocenters. The first kappa shape index (κ1) is 20.0. The predicted molar refractivity (Wildman–Crippen MR) is 94.4 cm³/mol. The summed E-state index contributed by atoms with van der Waals surface area (Å²) in [6, 6.07) is -1.44. The molecule has 1 saturated heterocycles. The van der Waals surface area contributed by atoms with Crippen LogP contribution in [0.4, 0.5) is 0 Å². The van der Waals surface area contributed by atoms with Gasteiger partial charge in [0.15, 0.2) is 12.4 Å². The maximum absolute atomic E-state index is 12.1. The van der Waals surface area contributed by atoms with Gasteiger partial charge in [-0.15, -0.1) is 0 Å². The Balaban J connectivity index is 2.96. The van der Waals surface area contributed by atoms with E-state index in [4.69, 9.17) is 17.0 Å². The molecule has 0 aromatic rings. The highest BCUT2D eigenvalue weighted by Gasteiger charge is 2.47. The molecule has 0 saturated carbocycles. The Morgan fingerprint density at radius 1 is 1.07 bits per heavy atom. The summed E-state index contributed by atoms with van der Waals surface area (Å²) in [5, 5.41) is 23.1. The van der Waals surface area contributed by atoms with Crippen LogP contribution in [-0.4, -0.2) is 65.3 Å². The quantitative estimate of drug-likeness (QED) is 0.456. The number of carbonyl (C=O) groups is 3. The van der Waals surface area contributed by atoms with Crippen molar-refractivity contribution in [1.82, 2.24) is 5.32 Å². The molecule has 0 spiro atoms. The largest absolute Gasteiger partial charge is 0.463 e. The zero-order valence-electron chi connectivity index (χ0n) is 18.0. The Hall–Kier alpha value is -1.71. The molecule has 1 rings (SSSR count). The predicted octanol–water partition coefficient (Wildman–Crippen LogP) is 0.405. The topological polar surface area (TPSA) is 131 Å². The van der Waals surface area contributed by atoms with Gasteiger partial charge >= 0.3 is 11.9 Å². The zero-order valence-corrected chi connectivity index (χ0v) is 16.0. The van der Waals surface area contributed by atoms with Crippen LogP contribution in [0, 0.1) is 0 Å². The first-order valence-electron chi connectivity index (χ1n) is 10.2. The standard InChI is InChI=1S/C18H31NO8/c1-4-7-12(20)19-15-16(23)17(27-14(22)9-6-3)11(26-18(15)24)10-25-13(21)8-5-2/h11,15-18,23-24H,4-10H2,1-3H3,(H,19,20)/t11-,15-,16-,17-,18?/m1/s1/i7D2. The summed E-state index contributed by atoms with van der Waals surface area (Å²) in [5.41, 5.74) is 0. The van der Waals surface area contributed by atoms with Gasteiger partial charge < -0.3 is 29.7 Å². The lowest BCUT2D eigenvalue weighted by Gasteiger charge is -2.42. The Kier molecular flexibility index (Phi) is 8.82. The normalized spacial score (nSPS) is 29.3. The molecular weight excluding hydrogens is 358 g/mol. The van der Waals surface area contributed by atoms with Crippen LogP contribution in [-0.2, 0) is 28.6 Å². The molecule has 1 fully saturated rings. The van der Waals surface area contributed by atoms with Crippen LogP contribution < -0.4 is 5.32 Å². The minimum Gasteiger partial charge on any atom is -0.463 e. The number of hydrogen-bond donors (Lipinski definition) is 3. The van der Waals surface area contributed by atoms with Gasteiger partial charge in [-0.25, -0.2) is 0 Å². The van der Waals surface area contributed by atoms with Gasteiger partial charge in [0.1, 0.15) is 24.9 Å². The lowest BCUT2D eigenvalue weighted by molar-refractivity contribution is -0.261. The molecule has 3 N–H and O–H groups in total. The number of hydrogen-bond acceptors (Lipinski definition) is 8. The van der Waals surface area contributed by atoms with E-state index >= 15 is 0 Å². The number of esters is 2. The van der Waals surface area contributed by atoms with Gasteiger partial charge in [0.2, 0.25) is 5.91 Å². The smallest absolute Gasteiger partial charge is 0.306 e. The van der Waals surface area contributed by atoms with E-state index in [2.05, 4.69) is 5.32 Å². The van der Waals surface area contributed by atoms with E-state index in [1.807, 2.05) is 0 Å². The first-order chi connectivity index (χ1) is 13.6. The molecule has 27 heavy (non-hydrogen) atoms. The monoisotopic (exact) mass is 391 g/mol. The van der Waals surface area contributed by atoms with Crippen molar-refractivity contribution in [2.45, 2.75) is 89.9 Å². The number of rotatable bonds is 10. The number of carbonyl (C=O) groups excluding carboxylic acids is 3. The van der Waals surface area contributed by atoms with E-state index in [0.29, 0.717) is 12.8 Å². The summed E-state index contributed by atoms with van der Waals surface area (Å²) in [4.78, 5) is 35.7. The van der Waals surface area contributed by atoms with Crippen molar-refractivity contribution in [3.05, 3.63) is 0 Å². The summed E-state index contributed by atoms with van der Waals surface area (Å²) in [7, 11) is 0. The maximum atomic E-state index is 12.1. The Morgan fingerprint density at radius 3 is 2.30 bits per heavy atom. The van der Waals surface area contributed by atoms with Gasteiger partial charge in [0, 0.05) is 22.0 Å². The second kappa shape index (κ2) is 11.9. The Bertz CT molecular complexity index is 574. The zero-order chi connectivity index (χ0) is 22.2. The summed E-state index contributed by atoms with van der Waals surface area (Å²) in [5.74, 6) is -2.18. The summed E-state index contributed by atoms with van der Waals surface area (Å²) < 4.78 is 31.0. The molecule has 1 heterocycles. The van der Waals surface area contributed by atoms with Gasteiger partial charge in [-0.1, -0.05) is 20.8 Å². The third kappa shape index (κ3) is 7.43. The van der Waals surface area contributed by atoms with Crippen molar-refractivity contribution in [1.29, 1.82) is 0 Å². The van der Waals surface area contributed by atoms with Crippen molar-refractivity contribution in [3.8, 4) is 0 Å². The fourth-order valence-corrected chi connectivity index (χ4v) is 2.60. The number of amides is 1. The van der Waals surface area contributed by atoms with Crippen molar-refractivity contribution < 1.29 is 41.5 Å². The molecular formula is C18H31NO8. The van der Waals surface area contributed by atoms with Crippen molar-refractivity contribution in [3.63, 3.8) is 0 Å². The Morgan fingerprint density at radius 2 is 1.70 bits per heavy atom. The fraction of sp³-hybridized carbons (Fsp3) is 0.833. The fourth-order valence-electron chi connectivity index (χ4n) is 2.60. The van der Waals surface area contributed by atoms with Crippen molar-refractivity contribution in [2.75, 3.05) is 6.61 Å². The van der Waals surface area contributed by atoms with E-state index in [-0.39, 0.29) is 25.9 Å². The highest BCUT2D eigenvalue weighted by Crippen LogP contribution is 2.24. The van der Waals surface area contributed by atoms with Gasteiger partial charge in [-0.3, -0.25) is 14.4 Å². The Labute approximate surface area is 162 Å². The van der Waals surface area contributed by atoms with E-state index in [1.165, 1.54) is 6.92 Å². The molecule has 5 atom stereocenters.